The number of ether oxygens (including phenoxy) is 1. The predicted molar refractivity (Wildman–Crippen MR) is 109 cm³/mol. The zero-order valence-corrected chi connectivity index (χ0v) is 16.5. The van der Waals surface area contributed by atoms with E-state index in [0.717, 1.165) is 17.7 Å². The van der Waals surface area contributed by atoms with Crippen LogP contribution in [0, 0.1) is 5.82 Å². The number of nitrogens with zero attached hydrogens (tertiary/aromatic N) is 1. The molecule has 1 amide bonds. The van der Waals surface area contributed by atoms with E-state index in [-0.39, 0.29) is 11.7 Å². The molecule has 0 aliphatic carbocycles. The van der Waals surface area contributed by atoms with Gasteiger partial charge < -0.3 is 15.0 Å². The van der Waals surface area contributed by atoms with E-state index >= 15 is 0 Å². The molecule has 0 aromatic heterocycles. The van der Waals surface area contributed by atoms with E-state index in [9.17, 15) is 9.18 Å². The van der Waals surface area contributed by atoms with Crippen LogP contribution in [0.15, 0.2) is 54.3 Å². The highest BCUT2D eigenvalue weighted by Gasteiger charge is 2.37. The van der Waals surface area contributed by atoms with E-state index in [0.29, 0.717) is 22.6 Å². The van der Waals surface area contributed by atoms with Crippen LogP contribution in [0.3, 0.4) is 0 Å². The Morgan fingerprint density at radius 3 is 2.50 bits per heavy atom. The van der Waals surface area contributed by atoms with Crippen molar-refractivity contribution < 1.29 is 13.9 Å². The molecule has 0 saturated heterocycles. The number of benzene rings is 2. The van der Waals surface area contributed by atoms with Gasteiger partial charge in [0.25, 0.3) is 5.91 Å². The lowest BCUT2D eigenvalue weighted by atomic mass is 9.91. The van der Waals surface area contributed by atoms with Gasteiger partial charge in [-0.2, -0.15) is 0 Å². The average molecular weight is 378 g/mol. The van der Waals surface area contributed by atoms with Gasteiger partial charge >= 0.3 is 0 Å². The fraction of sp³-hybridized carbons (Fsp3) is 0.261. The molecule has 0 fully saturated rings. The number of hydrogen-bond donors (Lipinski definition) is 1. The van der Waals surface area contributed by atoms with Crippen molar-refractivity contribution in [2.24, 2.45) is 0 Å². The summed E-state index contributed by atoms with van der Waals surface area (Å²) in [6, 6.07) is 12.7. The number of amides is 1. The van der Waals surface area contributed by atoms with Crippen molar-refractivity contribution in [2.45, 2.75) is 26.0 Å². The Morgan fingerprint density at radius 2 is 1.82 bits per heavy atom. The van der Waals surface area contributed by atoms with E-state index in [1.165, 1.54) is 17.7 Å². The summed E-state index contributed by atoms with van der Waals surface area (Å²) < 4.78 is 19.7. The summed E-state index contributed by atoms with van der Waals surface area (Å²) >= 11 is 0. The van der Waals surface area contributed by atoms with Crippen molar-refractivity contribution >= 4 is 22.7 Å². The van der Waals surface area contributed by atoms with Gasteiger partial charge in [0.2, 0.25) is 0 Å². The van der Waals surface area contributed by atoms with Crippen molar-refractivity contribution in [3.8, 4) is 0 Å². The van der Waals surface area contributed by atoms with Crippen molar-refractivity contribution in [3.05, 3.63) is 76.8 Å². The Balaban J connectivity index is 1.75. The molecular weight excluding hydrogens is 355 g/mol. The Bertz CT molecular complexity index is 1020. The zero-order chi connectivity index (χ0) is 20.1. The molecule has 5 heteroatoms. The van der Waals surface area contributed by atoms with Crippen LogP contribution in [0.4, 0.5) is 10.1 Å². The van der Waals surface area contributed by atoms with E-state index in [1.54, 1.807) is 6.07 Å². The molecule has 144 valence electrons. The number of anilines is 1. The topological polar surface area (TPSA) is 41.6 Å². The van der Waals surface area contributed by atoms with Gasteiger partial charge in [0.15, 0.2) is 0 Å². The fourth-order valence-electron chi connectivity index (χ4n) is 3.76. The minimum atomic E-state index is -0.575. The zero-order valence-electron chi connectivity index (χ0n) is 16.5. The van der Waals surface area contributed by atoms with E-state index in [1.807, 2.05) is 34.0 Å². The molecule has 4 nitrogen and oxygen atoms in total. The van der Waals surface area contributed by atoms with Gasteiger partial charge in [-0.15, -0.1) is 0 Å². The molecule has 0 unspecified atom stereocenters. The summed E-state index contributed by atoms with van der Waals surface area (Å²) in [6.45, 7) is 4.85. The number of halogens is 1. The second-order valence-corrected chi connectivity index (χ2v) is 7.99. The first-order valence-corrected chi connectivity index (χ1v) is 9.25. The van der Waals surface area contributed by atoms with Crippen molar-refractivity contribution in [2.75, 3.05) is 19.4 Å². The number of rotatable bonds is 3. The smallest absolute Gasteiger partial charge is 0.260 e. The van der Waals surface area contributed by atoms with Crippen LogP contribution in [-0.2, 0) is 16.1 Å². The van der Waals surface area contributed by atoms with E-state index in [2.05, 4.69) is 34.5 Å². The Hall–Kier alpha value is -2.92. The van der Waals surface area contributed by atoms with Crippen molar-refractivity contribution in [1.29, 1.82) is 0 Å². The summed E-state index contributed by atoms with van der Waals surface area (Å²) in [5.74, 6) is -0.141. The molecule has 2 aliphatic heterocycles. The van der Waals surface area contributed by atoms with Crippen LogP contribution < -0.4 is 5.32 Å². The SMILES string of the molecule is CN(C)Cc1ccc(C2=CC(=C3C(=O)Nc4cc(F)ccc43)OC2(C)C)cc1. The first-order valence-electron chi connectivity index (χ1n) is 9.25. The van der Waals surface area contributed by atoms with Gasteiger partial charge in [-0.05, 0) is 63.3 Å². The quantitative estimate of drug-likeness (QED) is 0.803. The molecule has 2 heterocycles. The van der Waals surface area contributed by atoms with Gasteiger partial charge in [-0.3, -0.25) is 4.79 Å². The molecule has 1 N–H and O–H groups in total. The first-order chi connectivity index (χ1) is 13.2. The number of fused-ring (bicyclic) bond motifs is 1. The van der Waals surface area contributed by atoms with Gasteiger partial charge in [0.05, 0.1) is 11.3 Å². The molecule has 2 aromatic rings. The number of hydrogen-bond acceptors (Lipinski definition) is 3. The average Bonchev–Trinajstić information content (AvgIpc) is 3.09. The lowest BCUT2D eigenvalue weighted by Crippen LogP contribution is -2.21. The maximum absolute atomic E-state index is 13.5. The van der Waals surface area contributed by atoms with Crippen LogP contribution in [0.25, 0.3) is 11.1 Å². The minimum Gasteiger partial charge on any atom is -0.482 e. The predicted octanol–water partition coefficient (Wildman–Crippen LogP) is 4.44. The molecule has 28 heavy (non-hydrogen) atoms. The van der Waals surface area contributed by atoms with Crippen LogP contribution in [0.2, 0.25) is 0 Å². The molecule has 2 aliphatic rings. The maximum Gasteiger partial charge on any atom is 0.260 e. The highest BCUT2D eigenvalue weighted by Crippen LogP contribution is 2.44. The highest BCUT2D eigenvalue weighted by molar-refractivity contribution is 6.32. The van der Waals surface area contributed by atoms with Crippen molar-refractivity contribution in [1.82, 2.24) is 4.90 Å². The fourth-order valence-corrected chi connectivity index (χ4v) is 3.76. The Kier molecular flexibility index (Phi) is 4.35. The maximum atomic E-state index is 13.5. The second-order valence-electron chi connectivity index (χ2n) is 7.99. The van der Waals surface area contributed by atoms with Gasteiger partial charge in [-0.1, -0.05) is 24.3 Å². The molecule has 0 atom stereocenters. The first kappa shape index (κ1) is 18.4. The second kappa shape index (κ2) is 6.60. The molecule has 0 bridgehead atoms. The third-order valence-corrected chi connectivity index (χ3v) is 5.03. The number of allylic oxidation sites excluding steroid dienone is 1. The molecule has 2 aromatic carbocycles. The normalized spacial score (nSPS) is 20.1. The lowest BCUT2D eigenvalue weighted by molar-refractivity contribution is -0.111. The number of nitrogens with one attached hydrogen (secondary N) is 1. The van der Waals surface area contributed by atoms with Crippen molar-refractivity contribution in [3.63, 3.8) is 0 Å². The highest BCUT2D eigenvalue weighted by atomic mass is 19.1. The number of carbonyl (C=O) groups excluding carboxylic acids is 1. The molecular formula is C23H23FN2O2. The monoisotopic (exact) mass is 378 g/mol. The Labute approximate surface area is 164 Å². The minimum absolute atomic E-state index is 0.273. The van der Waals surface area contributed by atoms with Crippen LogP contribution >= 0.6 is 0 Å². The van der Waals surface area contributed by atoms with Crippen LogP contribution in [-0.4, -0.2) is 30.5 Å². The van der Waals surface area contributed by atoms with Gasteiger partial charge in [0, 0.05) is 17.7 Å². The third kappa shape index (κ3) is 3.22. The van der Waals surface area contributed by atoms with E-state index < -0.39 is 5.60 Å². The van der Waals surface area contributed by atoms with E-state index in [4.69, 9.17) is 4.74 Å². The molecule has 0 spiro atoms. The Morgan fingerprint density at radius 1 is 1.11 bits per heavy atom. The molecule has 0 saturated carbocycles. The largest absolute Gasteiger partial charge is 0.482 e. The van der Waals surface area contributed by atoms with Gasteiger partial charge in [-0.25, -0.2) is 4.39 Å². The summed E-state index contributed by atoms with van der Waals surface area (Å²) in [5.41, 5.74) is 4.31. The summed E-state index contributed by atoms with van der Waals surface area (Å²) in [6.07, 6.45) is 1.92. The molecule has 0 radical (unpaired) electrons. The summed E-state index contributed by atoms with van der Waals surface area (Å²) in [7, 11) is 4.08. The lowest BCUT2D eigenvalue weighted by Gasteiger charge is -2.23. The molecule has 4 rings (SSSR count). The standard InChI is InChI=1S/C23H23FN2O2/c1-23(2)18(15-7-5-14(6-8-15)13-26(3)4)12-20(28-23)21-17-10-9-16(24)11-19(17)25-22(21)27/h5-12H,13H2,1-4H3,(H,25,27). The third-order valence-electron chi connectivity index (χ3n) is 5.03. The summed E-state index contributed by atoms with van der Waals surface area (Å²) in [5, 5.41) is 2.72. The summed E-state index contributed by atoms with van der Waals surface area (Å²) in [4.78, 5) is 14.6. The van der Waals surface area contributed by atoms with Crippen LogP contribution in [0.1, 0.15) is 30.5 Å². The van der Waals surface area contributed by atoms with Gasteiger partial charge in [0.1, 0.15) is 17.2 Å². The number of carbonyl (C=O) groups is 1. The van der Waals surface area contributed by atoms with Crippen LogP contribution in [0.5, 0.6) is 0 Å².